The predicted octanol–water partition coefficient (Wildman–Crippen LogP) is 1.95. The van der Waals surface area contributed by atoms with Gasteiger partial charge in [-0.15, -0.1) is 0 Å². The molecule has 0 radical (unpaired) electrons. The molecule has 1 aromatic rings. The first-order valence-corrected chi connectivity index (χ1v) is 6.52. The Morgan fingerprint density at radius 2 is 2.18 bits per heavy atom. The molecule has 0 bridgehead atoms. The minimum atomic E-state index is 0.517. The van der Waals surface area contributed by atoms with Crippen molar-refractivity contribution in [1.29, 1.82) is 0 Å². The van der Waals surface area contributed by atoms with E-state index in [1.54, 1.807) is 0 Å². The zero-order valence-corrected chi connectivity index (χ0v) is 10.3. The minimum Gasteiger partial charge on any atom is -0.354 e. The van der Waals surface area contributed by atoms with E-state index in [0.29, 0.717) is 6.04 Å². The molecule has 1 fully saturated rings. The van der Waals surface area contributed by atoms with Crippen LogP contribution in [0.4, 0.5) is 0 Å². The lowest BCUT2D eigenvalue weighted by atomic mass is 9.99. The molecule has 2 aliphatic rings. The number of hydrogen-bond acceptors (Lipinski definition) is 3. The van der Waals surface area contributed by atoms with Crippen molar-refractivity contribution in [3.05, 3.63) is 35.4 Å². The summed E-state index contributed by atoms with van der Waals surface area (Å²) >= 11 is 0. The van der Waals surface area contributed by atoms with Crippen molar-refractivity contribution in [3.8, 4) is 0 Å². The molecule has 1 unspecified atom stereocenters. The van der Waals surface area contributed by atoms with Gasteiger partial charge in [-0.25, -0.2) is 0 Å². The molecule has 2 aliphatic heterocycles. The van der Waals surface area contributed by atoms with Gasteiger partial charge in [0.2, 0.25) is 0 Å². The first kappa shape index (κ1) is 10.6. The Balaban J connectivity index is 1.85. The van der Waals surface area contributed by atoms with Gasteiger partial charge in [0, 0.05) is 19.6 Å². The Bertz CT molecular complexity index is 422. The second-order valence-electron chi connectivity index (χ2n) is 4.73. The Morgan fingerprint density at radius 1 is 1.35 bits per heavy atom. The lowest BCUT2D eigenvalue weighted by Crippen LogP contribution is -2.37. The summed E-state index contributed by atoms with van der Waals surface area (Å²) < 4.78 is 0. The maximum absolute atomic E-state index is 4.53. The molecule has 1 atom stereocenters. The molecule has 3 heteroatoms. The molecule has 1 aromatic carbocycles. The van der Waals surface area contributed by atoms with Gasteiger partial charge in [0.1, 0.15) is 0 Å². The summed E-state index contributed by atoms with van der Waals surface area (Å²) in [5.74, 6) is 1.10. The predicted molar refractivity (Wildman–Crippen MR) is 70.2 cm³/mol. The van der Waals surface area contributed by atoms with E-state index in [1.165, 1.54) is 11.1 Å². The molecule has 0 aliphatic carbocycles. The molecule has 0 spiro atoms. The fraction of sp³-hybridized carbons (Fsp3) is 0.500. The van der Waals surface area contributed by atoms with Crippen LogP contribution in [0.15, 0.2) is 29.3 Å². The summed E-state index contributed by atoms with van der Waals surface area (Å²) in [6.07, 6.45) is 2.25. The van der Waals surface area contributed by atoms with Crippen LogP contribution in [0.1, 0.15) is 30.5 Å². The molecule has 90 valence electrons. The van der Waals surface area contributed by atoms with Gasteiger partial charge in [0.25, 0.3) is 0 Å². The van der Waals surface area contributed by atoms with Gasteiger partial charge in [-0.3, -0.25) is 4.99 Å². The van der Waals surface area contributed by atoms with Crippen molar-refractivity contribution in [2.24, 2.45) is 4.99 Å². The van der Waals surface area contributed by atoms with Gasteiger partial charge < -0.3 is 10.2 Å². The lowest BCUT2D eigenvalue weighted by molar-refractivity contribution is 0.314. The number of hydrogen-bond donors (Lipinski definition) is 1. The van der Waals surface area contributed by atoms with Crippen molar-refractivity contribution < 1.29 is 0 Å². The lowest BCUT2D eigenvalue weighted by Gasteiger charge is -2.32. The third-order valence-corrected chi connectivity index (χ3v) is 3.72. The van der Waals surface area contributed by atoms with Crippen molar-refractivity contribution in [2.75, 3.05) is 19.6 Å². The standard InChI is InChI=1S/C14H19N3/c1-2-11-3-5-12(6-4-11)13-7-8-15-14-16-9-10-17(13)14/h3-6,13H,2,7-10H2,1H3,(H,15,16). The van der Waals surface area contributed by atoms with E-state index in [1.807, 2.05) is 0 Å². The maximum atomic E-state index is 4.53. The SMILES string of the molecule is CCc1ccc(C2CCN=C3NCCN32)cc1. The number of benzene rings is 1. The number of fused-ring (bicyclic) bond motifs is 1. The Morgan fingerprint density at radius 3 is 2.94 bits per heavy atom. The van der Waals surface area contributed by atoms with Crippen molar-refractivity contribution in [2.45, 2.75) is 25.8 Å². The molecule has 17 heavy (non-hydrogen) atoms. The molecule has 3 nitrogen and oxygen atoms in total. The summed E-state index contributed by atoms with van der Waals surface area (Å²) in [5, 5.41) is 3.36. The second-order valence-corrected chi connectivity index (χ2v) is 4.73. The third kappa shape index (κ3) is 1.90. The first-order chi connectivity index (χ1) is 8.38. The average Bonchev–Trinajstić information content (AvgIpc) is 2.87. The van der Waals surface area contributed by atoms with Crippen molar-refractivity contribution >= 4 is 5.96 Å². The van der Waals surface area contributed by atoms with Crippen LogP contribution in [0.5, 0.6) is 0 Å². The van der Waals surface area contributed by atoms with E-state index < -0.39 is 0 Å². The summed E-state index contributed by atoms with van der Waals surface area (Å²) in [6.45, 7) is 5.26. The fourth-order valence-electron chi connectivity index (χ4n) is 2.72. The number of nitrogens with zero attached hydrogens (tertiary/aromatic N) is 2. The highest BCUT2D eigenvalue weighted by molar-refractivity contribution is 5.82. The maximum Gasteiger partial charge on any atom is 0.194 e. The van der Waals surface area contributed by atoms with Gasteiger partial charge in [0.15, 0.2) is 5.96 Å². The number of guanidine groups is 1. The summed E-state index contributed by atoms with van der Waals surface area (Å²) in [5.41, 5.74) is 2.84. The summed E-state index contributed by atoms with van der Waals surface area (Å²) in [7, 11) is 0. The molecule has 1 saturated heterocycles. The molecular formula is C14H19N3. The van der Waals surface area contributed by atoms with Crippen LogP contribution in [-0.2, 0) is 6.42 Å². The molecule has 2 heterocycles. The Hall–Kier alpha value is -1.51. The first-order valence-electron chi connectivity index (χ1n) is 6.52. The average molecular weight is 229 g/mol. The normalized spacial score (nSPS) is 23.0. The van der Waals surface area contributed by atoms with Crippen LogP contribution in [0.2, 0.25) is 0 Å². The van der Waals surface area contributed by atoms with Gasteiger partial charge in [-0.05, 0) is 24.0 Å². The number of aliphatic imine (C=N–C) groups is 1. The third-order valence-electron chi connectivity index (χ3n) is 3.72. The van der Waals surface area contributed by atoms with E-state index in [0.717, 1.165) is 38.4 Å². The Kier molecular flexibility index (Phi) is 2.75. The second kappa shape index (κ2) is 4.40. The molecular weight excluding hydrogens is 210 g/mol. The monoisotopic (exact) mass is 229 g/mol. The molecule has 0 aromatic heterocycles. The van der Waals surface area contributed by atoms with Crippen LogP contribution < -0.4 is 5.32 Å². The van der Waals surface area contributed by atoms with Crippen LogP contribution in [-0.4, -0.2) is 30.5 Å². The molecule has 1 N–H and O–H groups in total. The smallest absolute Gasteiger partial charge is 0.194 e. The highest BCUT2D eigenvalue weighted by Crippen LogP contribution is 2.28. The van der Waals surface area contributed by atoms with Gasteiger partial charge in [-0.1, -0.05) is 31.2 Å². The summed E-state index contributed by atoms with van der Waals surface area (Å²) in [6, 6.07) is 9.59. The zero-order chi connectivity index (χ0) is 11.7. The van der Waals surface area contributed by atoms with E-state index >= 15 is 0 Å². The van der Waals surface area contributed by atoms with E-state index in [2.05, 4.69) is 46.4 Å². The van der Waals surface area contributed by atoms with Crippen LogP contribution in [0.25, 0.3) is 0 Å². The molecule has 0 amide bonds. The zero-order valence-electron chi connectivity index (χ0n) is 10.3. The van der Waals surface area contributed by atoms with Crippen molar-refractivity contribution in [3.63, 3.8) is 0 Å². The van der Waals surface area contributed by atoms with Crippen LogP contribution in [0, 0.1) is 0 Å². The van der Waals surface area contributed by atoms with E-state index in [-0.39, 0.29) is 0 Å². The van der Waals surface area contributed by atoms with E-state index in [4.69, 9.17) is 0 Å². The summed E-state index contributed by atoms with van der Waals surface area (Å²) in [4.78, 5) is 6.94. The highest BCUT2D eigenvalue weighted by Gasteiger charge is 2.29. The van der Waals surface area contributed by atoms with E-state index in [9.17, 15) is 0 Å². The fourth-order valence-corrected chi connectivity index (χ4v) is 2.72. The largest absolute Gasteiger partial charge is 0.354 e. The molecule has 0 saturated carbocycles. The topological polar surface area (TPSA) is 27.6 Å². The van der Waals surface area contributed by atoms with Gasteiger partial charge in [-0.2, -0.15) is 0 Å². The highest BCUT2D eigenvalue weighted by atomic mass is 15.4. The number of aryl methyl sites for hydroxylation is 1. The Labute approximate surface area is 103 Å². The number of nitrogens with one attached hydrogen (secondary N) is 1. The minimum absolute atomic E-state index is 0.517. The van der Waals surface area contributed by atoms with Gasteiger partial charge in [0.05, 0.1) is 6.04 Å². The quantitative estimate of drug-likeness (QED) is 0.839. The van der Waals surface area contributed by atoms with Crippen LogP contribution >= 0.6 is 0 Å². The molecule has 3 rings (SSSR count). The van der Waals surface area contributed by atoms with Crippen LogP contribution in [0.3, 0.4) is 0 Å². The van der Waals surface area contributed by atoms with Crippen molar-refractivity contribution in [1.82, 2.24) is 10.2 Å². The van der Waals surface area contributed by atoms with Gasteiger partial charge >= 0.3 is 0 Å². The number of rotatable bonds is 2.